The van der Waals surface area contributed by atoms with Gasteiger partial charge in [0.05, 0.1) is 7.11 Å². The molecule has 0 bridgehead atoms. The van der Waals surface area contributed by atoms with E-state index >= 15 is 0 Å². The summed E-state index contributed by atoms with van der Waals surface area (Å²) in [4.78, 5) is 0. The minimum absolute atomic E-state index is 0.438. The molecule has 0 aliphatic rings. The lowest BCUT2D eigenvalue weighted by Gasteiger charge is -2.18. The second kappa shape index (κ2) is 8.20. The third-order valence-electron chi connectivity index (χ3n) is 3.74. The van der Waals surface area contributed by atoms with Crippen molar-refractivity contribution in [2.24, 2.45) is 0 Å². The molecule has 2 nitrogen and oxygen atoms in total. The fourth-order valence-corrected chi connectivity index (χ4v) is 2.91. The zero-order chi connectivity index (χ0) is 15.1. The molecule has 1 N–H and O–H groups in total. The van der Waals surface area contributed by atoms with E-state index in [-0.39, 0.29) is 0 Å². The van der Waals surface area contributed by atoms with Crippen molar-refractivity contribution in [2.45, 2.75) is 25.3 Å². The molecule has 2 aromatic rings. The van der Waals surface area contributed by atoms with Crippen LogP contribution in [0.4, 0.5) is 0 Å². The van der Waals surface area contributed by atoms with Gasteiger partial charge in [0.2, 0.25) is 0 Å². The van der Waals surface area contributed by atoms with Gasteiger partial charge in [0, 0.05) is 10.5 Å². The highest BCUT2D eigenvalue weighted by Gasteiger charge is 2.11. The van der Waals surface area contributed by atoms with Gasteiger partial charge in [-0.2, -0.15) is 0 Å². The lowest BCUT2D eigenvalue weighted by Crippen LogP contribution is -2.28. The molecule has 0 aliphatic heterocycles. The summed E-state index contributed by atoms with van der Waals surface area (Å²) in [5, 5.41) is 3.42. The van der Waals surface area contributed by atoms with E-state index in [1.54, 1.807) is 7.11 Å². The maximum absolute atomic E-state index is 5.46. The fraction of sp³-hybridized carbons (Fsp3) is 0.333. The highest BCUT2D eigenvalue weighted by Crippen LogP contribution is 2.25. The molecule has 0 radical (unpaired) electrons. The Morgan fingerprint density at radius 2 is 1.90 bits per heavy atom. The van der Waals surface area contributed by atoms with Crippen molar-refractivity contribution < 1.29 is 4.74 Å². The first-order chi connectivity index (χ1) is 10.2. The highest BCUT2D eigenvalue weighted by atomic mass is 79.9. The second-order valence-electron chi connectivity index (χ2n) is 5.17. The molecule has 112 valence electrons. The second-order valence-corrected chi connectivity index (χ2v) is 6.09. The Labute approximate surface area is 135 Å². The summed E-state index contributed by atoms with van der Waals surface area (Å²) < 4.78 is 6.55. The predicted molar refractivity (Wildman–Crippen MR) is 92.0 cm³/mol. The zero-order valence-electron chi connectivity index (χ0n) is 12.6. The van der Waals surface area contributed by atoms with Crippen LogP contribution in [0.3, 0.4) is 0 Å². The SMILES string of the molecule is CNC(CCc1ccccc1)Cc1cc(Br)ccc1OC. The molecule has 0 spiro atoms. The van der Waals surface area contributed by atoms with Crippen molar-refractivity contribution >= 4 is 15.9 Å². The number of rotatable bonds is 7. The number of hydrogen-bond acceptors (Lipinski definition) is 2. The van der Waals surface area contributed by atoms with Crippen molar-refractivity contribution in [1.82, 2.24) is 5.32 Å². The van der Waals surface area contributed by atoms with Crippen LogP contribution < -0.4 is 10.1 Å². The van der Waals surface area contributed by atoms with E-state index < -0.39 is 0 Å². The summed E-state index contributed by atoms with van der Waals surface area (Å²) in [5.74, 6) is 0.957. The Kier molecular flexibility index (Phi) is 6.27. The van der Waals surface area contributed by atoms with E-state index in [2.05, 4.69) is 57.6 Å². The van der Waals surface area contributed by atoms with Crippen LogP contribution in [0.15, 0.2) is 53.0 Å². The largest absolute Gasteiger partial charge is 0.496 e. The van der Waals surface area contributed by atoms with E-state index in [1.165, 1.54) is 11.1 Å². The monoisotopic (exact) mass is 347 g/mol. The van der Waals surface area contributed by atoms with E-state index in [0.717, 1.165) is 29.5 Å². The Bertz CT molecular complexity index is 556. The number of ether oxygens (including phenoxy) is 1. The van der Waals surface area contributed by atoms with Crippen LogP contribution in [0.5, 0.6) is 5.75 Å². The Morgan fingerprint density at radius 1 is 1.14 bits per heavy atom. The lowest BCUT2D eigenvalue weighted by molar-refractivity contribution is 0.404. The topological polar surface area (TPSA) is 21.3 Å². The molecule has 1 atom stereocenters. The van der Waals surface area contributed by atoms with Crippen LogP contribution in [0.2, 0.25) is 0 Å². The van der Waals surface area contributed by atoms with Gasteiger partial charge >= 0.3 is 0 Å². The van der Waals surface area contributed by atoms with Crippen molar-refractivity contribution in [1.29, 1.82) is 0 Å². The number of hydrogen-bond donors (Lipinski definition) is 1. The molecule has 2 rings (SSSR count). The first-order valence-corrected chi connectivity index (χ1v) is 8.06. The minimum Gasteiger partial charge on any atom is -0.496 e. The van der Waals surface area contributed by atoms with Crippen LogP contribution in [-0.4, -0.2) is 20.2 Å². The predicted octanol–water partition coefficient (Wildman–Crippen LogP) is 4.22. The van der Waals surface area contributed by atoms with Crippen LogP contribution in [0.25, 0.3) is 0 Å². The van der Waals surface area contributed by atoms with E-state index in [9.17, 15) is 0 Å². The standard InChI is InChI=1S/C18H22BrNO/c1-20-17(10-8-14-6-4-3-5-7-14)13-15-12-16(19)9-11-18(15)21-2/h3-7,9,11-12,17,20H,8,10,13H2,1-2H3. The normalized spacial score (nSPS) is 12.1. The van der Waals surface area contributed by atoms with Gasteiger partial charge in [0.15, 0.2) is 0 Å². The van der Waals surface area contributed by atoms with E-state index in [4.69, 9.17) is 4.74 Å². The van der Waals surface area contributed by atoms with E-state index in [0.29, 0.717) is 6.04 Å². The van der Waals surface area contributed by atoms with Crippen LogP contribution in [0.1, 0.15) is 17.5 Å². The molecule has 0 saturated heterocycles. The number of benzene rings is 2. The van der Waals surface area contributed by atoms with Crippen LogP contribution >= 0.6 is 15.9 Å². The van der Waals surface area contributed by atoms with Crippen molar-refractivity contribution in [3.05, 3.63) is 64.1 Å². The Balaban J connectivity index is 2.00. The van der Waals surface area contributed by atoms with Crippen molar-refractivity contribution in [2.75, 3.05) is 14.2 Å². The highest BCUT2D eigenvalue weighted by molar-refractivity contribution is 9.10. The molecular formula is C18H22BrNO. The van der Waals surface area contributed by atoms with Gasteiger partial charge in [0.25, 0.3) is 0 Å². The first-order valence-electron chi connectivity index (χ1n) is 7.26. The fourth-order valence-electron chi connectivity index (χ4n) is 2.51. The summed E-state index contributed by atoms with van der Waals surface area (Å²) in [5.41, 5.74) is 2.62. The summed E-state index contributed by atoms with van der Waals surface area (Å²) >= 11 is 3.54. The smallest absolute Gasteiger partial charge is 0.122 e. The quantitative estimate of drug-likeness (QED) is 0.809. The molecule has 21 heavy (non-hydrogen) atoms. The minimum atomic E-state index is 0.438. The molecule has 2 aromatic carbocycles. The maximum Gasteiger partial charge on any atom is 0.122 e. The lowest BCUT2D eigenvalue weighted by atomic mass is 9.98. The molecular weight excluding hydrogens is 326 g/mol. The average molecular weight is 348 g/mol. The third-order valence-corrected chi connectivity index (χ3v) is 4.23. The molecule has 0 heterocycles. The van der Waals surface area contributed by atoms with Crippen molar-refractivity contribution in [3.8, 4) is 5.75 Å². The van der Waals surface area contributed by atoms with Gasteiger partial charge in [-0.25, -0.2) is 0 Å². The van der Waals surface area contributed by atoms with Gasteiger partial charge in [-0.1, -0.05) is 46.3 Å². The Morgan fingerprint density at radius 3 is 2.57 bits per heavy atom. The number of likely N-dealkylation sites (N-methyl/N-ethyl adjacent to an activating group) is 1. The average Bonchev–Trinajstić information content (AvgIpc) is 2.52. The molecule has 0 amide bonds. The summed E-state index contributed by atoms with van der Waals surface area (Å²) in [6, 6.07) is 17.2. The molecule has 1 unspecified atom stereocenters. The van der Waals surface area contributed by atoms with Crippen LogP contribution in [-0.2, 0) is 12.8 Å². The zero-order valence-corrected chi connectivity index (χ0v) is 14.2. The number of aryl methyl sites for hydroxylation is 1. The number of halogens is 1. The first kappa shape index (κ1) is 16.1. The number of nitrogens with one attached hydrogen (secondary N) is 1. The molecule has 0 aliphatic carbocycles. The summed E-state index contributed by atoms with van der Waals surface area (Å²) in [6.07, 6.45) is 3.16. The maximum atomic E-state index is 5.46. The third kappa shape index (κ3) is 4.87. The van der Waals surface area contributed by atoms with Gasteiger partial charge in [-0.05, 0) is 55.6 Å². The summed E-state index contributed by atoms with van der Waals surface area (Å²) in [6.45, 7) is 0. The summed E-state index contributed by atoms with van der Waals surface area (Å²) in [7, 11) is 3.76. The molecule has 0 aromatic heterocycles. The molecule has 0 fully saturated rings. The van der Waals surface area contributed by atoms with Gasteiger partial charge in [0.1, 0.15) is 5.75 Å². The van der Waals surface area contributed by atoms with Gasteiger partial charge in [-0.15, -0.1) is 0 Å². The van der Waals surface area contributed by atoms with Crippen molar-refractivity contribution in [3.63, 3.8) is 0 Å². The Hall–Kier alpha value is -1.32. The number of methoxy groups -OCH3 is 1. The van der Waals surface area contributed by atoms with Gasteiger partial charge < -0.3 is 10.1 Å². The van der Waals surface area contributed by atoms with E-state index in [1.807, 2.05) is 19.2 Å². The van der Waals surface area contributed by atoms with Crippen LogP contribution in [0, 0.1) is 0 Å². The molecule has 0 saturated carbocycles. The molecule has 3 heteroatoms. The van der Waals surface area contributed by atoms with Gasteiger partial charge in [-0.3, -0.25) is 0 Å².